The number of carbonyl (C=O) groups is 2. The van der Waals surface area contributed by atoms with Crippen molar-refractivity contribution in [1.82, 2.24) is 20.1 Å². The van der Waals surface area contributed by atoms with Crippen molar-refractivity contribution in [2.24, 2.45) is 11.8 Å². The first kappa shape index (κ1) is 12.5. The van der Waals surface area contributed by atoms with E-state index in [0.29, 0.717) is 13.0 Å². The van der Waals surface area contributed by atoms with Crippen LogP contribution >= 0.6 is 0 Å². The summed E-state index contributed by atoms with van der Waals surface area (Å²) in [5.41, 5.74) is 0. The van der Waals surface area contributed by atoms with E-state index in [2.05, 4.69) is 15.4 Å². The van der Waals surface area contributed by atoms with E-state index in [1.807, 2.05) is 0 Å². The summed E-state index contributed by atoms with van der Waals surface area (Å²) in [4.78, 5) is 26.3. The van der Waals surface area contributed by atoms with Gasteiger partial charge >= 0.3 is 5.97 Å². The summed E-state index contributed by atoms with van der Waals surface area (Å²) < 4.78 is 1.43. The number of carboxylic acid groups (broad SMARTS) is 1. The fourth-order valence-electron chi connectivity index (χ4n) is 2.37. The quantitative estimate of drug-likeness (QED) is 0.762. The number of rotatable bonds is 5. The molecule has 1 heterocycles. The fraction of sp³-hybridized carbons (Fsp3) is 0.636. The van der Waals surface area contributed by atoms with Crippen molar-refractivity contribution < 1.29 is 14.7 Å². The summed E-state index contributed by atoms with van der Waals surface area (Å²) in [7, 11) is 0. The second-order valence-electron chi connectivity index (χ2n) is 4.53. The van der Waals surface area contributed by atoms with Crippen molar-refractivity contribution in [3.05, 3.63) is 12.7 Å². The maximum Gasteiger partial charge on any atom is 0.306 e. The van der Waals surface area contributed by atoms with Crippen LogP contribution in [0.25, 0.3) is 0 Å². The van der Waals surface area contributed by atoms with Gasteiger partial charge in [-0.3, -0.25) is 9.59 Å². The molecule has 98 valence electrons. The average molecular weight is 252 g/mol. The molecule has 0 radical (unpaired) electrons. The molecule has 1 aromatic heterocycles. The molecule has 0 bridgehead atoms. The second kappa shape index (κ2) is 5.61. The van der Waals surface area contributed by atoms with Gasteiger partial charge in [-0.05, 0) is 18.8 Å². The minimum Gasteiger partial charge on any atom is -0.481 e. The van der Waals surface area contributed by atoms with Gasteiger partial charge in [0.05, 0.1) is 5.92 Å². The van der Waals surface area contributed by atoms with E-state index in [1.165, 1.54) is 17.3 Å². The maximum atomic E-state index is 11.6. The third kappa shape index (κ3) is 3.06. The molecule has 2 rings (SSSR count). The zero-order valence-corrected chi connectivity index (χ0v) is 9.95. The van der Waals surface area contributed by atoms with Crippen LogP contribution in [-0.4, -0.2) is 38.3 Å². The highest BCUT2D eigenvalue weighted by atomic mass is 16.4. The van der Waals surface area contributed by atoms with Gasteiger partial charge in [-0.2, -0.15) is 5.10 Å². The number of nitrogens with one attached hydrogen (secondary N) is 1. The van der Waals surface area contributed by atoms with E-state index in [9.17, 15) is 9.59 Å². The smallest absolute Gasteiger partial charge is 0.306 e. The van der Waals surface area contributed by atoms with Crippen LogP contribution in [0.4, 0.5) is 0 Å². The van der Waals surface area contributed by atoms with Crippen LogP contribution in [0.5, 0.6) is 0 Å². The molecule has 1 aliphatic carbocycles. The van der Waals surface area contributed by atoms with Gasteiger partial charge in [0.25, 0.3) is 0 Å². The molecule has 1 aliphatic rings. The van der Waals surface area contributed by atoms with Gasteiger partial charge < -0.3 is 10.4 Å². The predicted molar refractivity (Wildman–Crippen MR) is 61.5 cm³/mol. The van der Waals surface area contributed by atoms with E-state index < -0.39 is 5.97 Å². The minimum absolute atomic E-state index is 0.0437. The number of hydrogen-bond acceptors (Lipinski definition) is 4. The normalized spacial score (nSPS) is 22.9. The Labute approximate surface area is 104 Å². The van der Waals surface area contributed by atoms with E-state index >= 15 is 0 Å². The van der Waals surface area contributed by atoms with Gasteiger partial charge in [-0.1, -0.05) is 6.42 Å². The van der Waals surface area contributed by atoms with E-state index in [0.717, 1.165) is 12.8 Å². The van der Waals surface area contributed by atoms with Crippen molar-refractivity contribution in [2.45, 2.75) is 25.8 Å². The Kier molecular flexibility index (Phi) is 3.91. The molecule has 2 unspecified atom stereocenters. The molecule has 0 aliphatic heterocycles. The SMILES string of the molecule is O=C(Cn1cncn1)NCC1CCCC1C(=O)O. The monoisotopic (exact) mass is 252 g/mol. The number of carbonyl (C=O) groups excluding carboxylic acids is 1. The minimum atomic E-state index is -0.761. The molecule has 2 atom stereocenters. The average Bonchev–Trinajstić information content (AvgIpc) is 2.96. The van der Waals surface area contributed by atoms with Crippen molar-refractivity contribution in [3.63, 3.8) is 0 Å². The highest BCUT2D eigenvalue weighted by Gasteiger charge is 2.32. The number of aromatic nitrogens is 3. The highest BCUT2D eigenvalue weighted by molar-refractivity contribution is 5.76. The van der Waals surface area contributed by atoms with Gasteiger partial charge in [0.1, 0.15) is 19.2 Å². The highest BCUT2D eigenvalue weighted by Crippen LogP contribution is 2.31. The second-order valence-corrected chi connectivity index (χ2v) is 4.53. The van der Waals surface area contributed by atoms with Crippen molar-refractivity contribution in [2.75, 3.05) is 6.54 Å². The van der Waals surface area contributed by atoms with Crippen molar-refractivity contribution in [3.8, 4) is 0 Å². The molecule has 1 amide bonds. The van der Waals surface area contributed by atoms with E-state index in [-0.39, 0.29) is 24.3 Å². The molecule has 1 aromatic rings. The van der Waals surface area contributed by atoms with Gasteiger partial charge in [-0.25, -0.2) is 9.67 Å². The summed E-state index contributed by atoms with van der Waals surface area (Å²) in [6.07, 6.45) is 5.32. The molecule has 0 saturated heterocycles. The van der Waals surface area contributed by atoms with Crippen LogP contribution in [-0.2, 0) is 16.1 Å². The largest absolute Gasteiger partial charge is 0.481 e. The zero-order valence-electron chi connectivity index (χ0n) is 9.95. The summed E-state index contributed by atoms with van der Waals surface area (Å²) in [5, 5.41) is 15.6. The third-order valence-corrected chi connectivity index (χ3v) is 3.31. The molecule has 7 nitrogen and oxygen atoms in total. The summed E-state index contributed by atoms with van der Waals surface area (Å²) in [6.45, 7) is 0.537. The Morgan fingerprint density at radius 3 is 2.94 bits per heavy atom. The molecule has 0 spiro atoms. The van der Waals surface area contributed by atoms with Crippen LogP contribution in [0.2, 0.25) is 0 Å². The molecule has 7 heteroatoms. The molecule has 18 heavy (non-hydrogen) atoms. The number of hydrogen-bond donors (Lipinski definition) is 2. The first-order valence-corrected chi connectivity index (χ1v) is 5.98. The standard InChI is InChI=1S/C11H16N4O3/c16-10(5-15-7-12-6-14-15)13-4-8-2-1-3-9(8)11(17)18/h6-9H,1-5H2,(H,13,16)(H,17,18). The molecular formula is C11H16N4O3. The van der Waals surface area contributed by atoms with Gasteiger partial charge in [0.15, 0.2) is 0 Å². The first-order chi connectivity index (χ1) is 8.66. The first-order valence-electron chi connectivity index (χ1n) is 5.98. The lowest BCUT2D eigenvalue weighted by Gasteiger charge is -2.16. The summed E-state index contributed by atoms with van der Waals surface area (Å²) in [5.74, 6) is -1.21. The lowest BCUT2D eigenvalue weighted by atomic mass is 9.96. The maximum absolute atomic E-state index is 11.6. The molecule has 2 N–H and O–H groups in total. The van der Waals surface area contributed by atoms with Crippen LogP contribution in [0.15, 0.2) is 12.7 Å². The number of carboxylic acids is 1. The zero-order chi connectivity index (χ0) is 13.0. The summed E-state index contributed by atoms with van der Waals surface area (Å²) in [6, 6.07) is 0. The molecular weight excluding hydrogens is 236 g/mol. The van der Waals surface area contributed by atoms with Crippen LogP contribution in [0, 0.1) is 11.8 Å². The third-order valence-electron chi connectivity index (χ3n) is 3.31. The lowest BCUT2D eigenvalue weighted by molar-refractivity contribution is -0.143. The lowest BCUT2D eigenvalue weighted by Crippen LogP contribution is -2.35. The fourth-order valence-corrected chi connectivity index (χ4v) is 2.37. The number of amides is 1. The van der Waals surface area contributed by atoms with E-state index in [1.54, 1.807) is 0 Å². The molecule has 1 fully saturated rings. The Morgan fingerprint density at radius 2 is 2.28 bits per heavy atom. The predicted octanol–water partition coefficient (Wildman–Crippen LogP) is -0.105. The van der Waals surface area contributed by atoms with Crippen molar-refractivity contribution in [1.29, 1.82) is 0 Å². The Bertz CT molecular complexity index is 418. The van der Waals surface area contributed by atoms with Crippen LogP contribution < -0.4 is 5.32 Å². The van der Waals surface area contributed by atoms with Gasteiger partial charge in [0.2, 0.25) is 5.91 Å². The number of aliphatic carboxylic acids is 1. The Morgan fingerprint density at radius 1 is 1.44 bits per heavy atom. The van der Waals surface area contributed by atoms with Crippen LogP contribution in [0.1, 0.15) is 19.3 Å². The van der Waals surface area contributed by atoms with E-state index in [4.69, 9.17) is 5.11 Å². The van der Waals surface area contributed by atoms with Gasteiger partial charge in [0, 0.05) is 6.54 Å². The number of nitrogens with zero attached hydrogens (tertiary/aromatic N) is 3. The Balaban J connectivity index is 1.77. The molecule has 1 saturated carbocycles. The van der Waals surface area contributed by atoms with Gasteiger partial charge in [-0.15, -0.1) is 0 Å². The Hall–Kier alpha value is -1.92. The van der Waals surface area contributed by atoms with Crippen LogP contribution in [0.3, 0.4) is 0 Å². The topological polar surface area (TPSA) is 97.1 Å². The summed E-state index contributed by atoms with van der Waals surface area (Å²) >= 11 is 0. The molecule has 0 aromatic carbocycles. The van der Waals surface area contributed by atoms with Crippen molar-refractivity contribution >= 4 is 11.9 Å².